The highest BCUT2D eigenvalue weighted by Gasteiger charge is 2.17. The predicted molar refractivity (Wildman–Crippen MR) is 44.6 cm³/mol. The van der Waals surface area contributed by atoms with Crippen LogP contribution in [-0.2, 0) is 6.42 Å². The van der Waals surface area contributed by atoms with Gasteiger partial charge >= 0.3 is 0 Å². The SMILES string of the molecule is CC1Cc2cc(N)ccc2O1. The molecule has 1 aromatic rings. The second kappa shape index (κ2) is 2.16. The molecule has 0 aliphatic carbocycles. The lowest BCUT2D eigenvalue weighted by atomic mass is 10.1. The minimum Gasteiger partial charge on any atom is -0.490 e. The zero-order valence-electron chi connectivity index (χ0n) is 6.50. The molecule has 0 fully saturated rings. The number of hydrogen-bond acceptors (Lipinski definition) is 2. The molecule has 58 valence electrons. The molecule has 1 aliphatic heterocycles. The number of anilines is 1. The quantitative estimate of drug-likeness (QED) is 0.568. The molecule has 1 heterocycles. The topological polar surface area (TPSA) is 35.2 Å². The van der Waals surface area contributed by atoms with Gasteiger partial charge in [0.1, 0.15) is 11.9 Å². The molecule has 0 spiro atoms. The van der Waals surface area contributed by atoms with Crippen molar-refractivity contribution in [1.82, 2.24) is 0 Å². The van der Waals surface area contributed by atoms with Gasteiger partial charge < -0.3 is 10.5 Å². The fourth-order valence-corrected chi connectivity index (χ4v) is 1.44. The summed E-state index contributed by atoms with van der Waals surface area (Å²) in [4.78, 5) is 0. The van der Waals surface area contributed by atoms with Gasteiger partial charge in [0.05, 0.1) is 0 Å². The van der Waals surface area contributed by atoms with Crippen LogP contribution < -0.4 is 10.5 Å². The molecule has 1 aliphatic rings. The minimum absolute atomic E-state index is 0.312. The highest BCUT2D eigenvalue weighted by Crippen LogP contribution is 2.29. The molecule has 0 amide bonds. The number of rotatable bonds is 0. The van der Waals surface area contributed by atoms with Gasteiger partial charge in [-0.15, -0.1) is 0 Å². The standard InChI is InChI=1S/C9H11NO/c1-6-4-7-5-8(10)2-3-9(7)11-6/h2-3,5-6H,4,10H2,1H3. The zero-order valence-corrected chi connectivity index (χ0v) is 6.50. The third kappa shape index (κ3) is 1.04. The maximum absolute atomic E-state index is 5.62. The smallest absolute Gasteiger partial charge is 0.123 e. The third-order valence-electron chi connectivity index (χ3n) is 1.92. The molecular weight excluding hydrogens is 138 g/mol. The number of ether oxygens (including phenoxy) is 1. The van der Waals surface area contributed by atoms with Crippen LogP contribution >= 0.6 is 0 Å². The molecule has 1 aromatic carbocycles. The van der Waals surface area contributed by atoms with Gasteiger partial charge in [-0.05, 0) is 30.7 Å². The molecule has 2 nitrogen and oxygen atoms in total. The fourth-order valence-electron chi connectivity index (χ4n) is 1.44. The first-order valence-corrected chi connectivity index (χ1v) is 3.81. The van der Waals surface area contributed by atoms with Crippen molar-refractivity contribution in [2.75, 3.05) is 5.73 Å². The van der Waals surface area contributed by atoms with Crippen molar-refractivity contribution in [2.24, 2.45) is 0 Å². The Morgan fingerprint density at radius 1 is 1.55 bits per heavy atom. The molecule has 0 aromatic heterocycles. The van der Waals surface area contributed by atoms with Crippen LogP contribution in [0.15, 0.2) is 18.2 Å². The van der Waals surface area contributed by atoms with E-state index in [1.807, 2.05) is 18.2 Å². The zero-order chi connectivity index (χ0) is 7.84. The molecule has 2 heteroatoms. The lowest BCUT2D eigenvalue weighted by molar-refractivity contribution is 0.254. The Bertz CT molecular complexity index is 283. The molecule has 11 heavy (non-hydrogen) atoms. The van der Waals surface area contributed by atoms with Crippen molar-refractivity contribution in [3.8, 4) is 5.75 Å². The van der Waals surface area contributed by atoms with Gasteiger partial charge in [-0.2, -0.15) is 0 Å². The maximum Gasteiger partial charge on any atom is 0.123 e. The van der Waals surface area contributed by atoms with Crippen molar-refractivity contribution in [3.63, 3.8) is 0 Å². The van der Waals surface area contributed by atoms with Crippen LogP contribution in [0.3, 0.4) is 0 Å². The van der Waals surface area contributed by atoms with E-state index in [1.54, 1.807) is 0 Å². The van der Waals surface area contributed by atoms with Crippen LogP contribution in [0.5, 0.6) is 5.75 Å². The number of hydrogen-bond donors (Lipinski definition) is 1. The maximum atomic E-state index is 5.62. The second-order valence-corrected chi connectivity index (χ2v) is 3.00. The molecular formula is C9H11NO. The lowest BCUT2D eigenvalue weighted by Gasteiger charge is -2.01. The Kier molecular flexibility index (Phi) is 1.28. The molecule has 2 rings (SSSR count). The van der Waals surface area contributed by atoms with E-state index in [2.05, 4.69) is 6.92 Å². The fraction of sp³-hybridized carbons (Fsp3) is 0.333. The Labute approximate surface area is 66.0 Å². The molecule has 0 radical (unpaired) electrons. The summed E-state index contributed by atoms with van der Waals surface area (Å²) in [5.41, 5.74) is 7.68. The lowest BCUT2D eigenvalue weighted by Crippen LogP contribution is -2.05. The van der Waals surface area contributed by atoms with Gasteiger partial charge in [0, 0.05) is 12.1 Å². The number of fused-ring (bicyclic) bond motifs is 1. The van der Waals surface area contributed by atoms with E-state index in [-0.39, 0.29) is 0 Å². The first kappa shape index (κ1) is 6.53. The Balaban J connectivity index is 2.43. The Morgan fingerprint density at radius 2 is 2.36 bits per heavy atom. The summed E-state index contributed by atoms with van der Waals surface area (Å²) in [7, 11) is 0. The summed E-state index contributed by atoms with van der Waals surface area (Å²) in [6.45, 7) is 2.07. The van der Waals surface area contributed by atoms with Gasteiger partial charge in [0.15, 0.2) is 0 Å². The summed E-state index contributed by atoms with van der Waals surface area (Å²) in [6, 6.07) is 5.80. The number of benzene rings is 1. The largest absolute Gasteiger partial charge is 0.490 e. The van der Waals surface area contributed by atoms with E-state index in [1.165, 1.54) is 5.56 Å². The minimum atomic E-state index is 0.312. The van der Waals surface area contributed by atoms with E-state index in [0.717, 1.165) is 17.9 Å². The van der Waals surface area contributed by atoms with Crippen LogP contribution in [-0.4, -0.2) is 6.10 Å². The Morgan fingerprint density at radius 3 is 3.18 bits per heavy atom. The molecule has 0 saturated heterocycles. The normalized spacial score (nSPS) is 21.0. The summed E-state index contributed by atoms with van der Waals surface area (Å²) in [5, 5.41) is 0. The predicted octanol–water partition coefficient (Wildman–Crippen LogP) is 1.59. The van der Waals surface area contributed by atoms with Gasteiger partial charge in [0.2, 0.25) is 0 Å². The first-order valence-electron chi connectivity index (χ1n) is 3.81. The van der Waals surface area contributed by atoms with E-state index < -0.39 is 0 Å². The third-order valence-corrected chi connectivity index (χ3v) is 1.92. The van der Waals surface area contributed by atoms with Crippen LogP contribution in [0.2, 0.25) is 0 Å². The molecule has 2 N–H and O–H groups in total. The summed E-state index contributed by atoms with van der Waals surface area (Å²) < 4.78 is 5.51. The van der Waals surface area contributed by atoms with Crippen molar-refractivity contribution >= 4 is 5.69 Å². The van der Waals surface area contributed by atoms with Gasteiger partial charge in [-0.1, -0.05) is 0 Å². The summed E-state index contributed by atoms with van der Waals surface area (Å²) in [5.74, 6) is 0.992. The van der Waals surface area contributed by atoms with Crippen molar-refractivity contribution < 1.29 is 4.74 Å². The van der Waals surface area contributed by atoms with Gasteiger partial charge in [-0.3, -0.25) is 0 Å². The van der Waals surface area contributed by atoms with Crippen LogP contribution in [0.1, 0.15) is 12.5 Å². The molecule has 1 unspecified atom stereocenters. The van der Waals surface area contributed by atoms with Crippen molar-refractivity contribution in [3.05, 3.63) is 23.8 Å². The van der Waals surface area contributed by atoms with E-state index in [4.69, 9.17) is 10.5 Å². The average molecular weight is 149 g/mol. The Hall–Kier alpha value is -1.18. The highest BCUT2D eigenvalue weighted by molar-refractivity contribution is 5.49. The van der Waals surface area contributed by atoms with Crippen LogP contribution in [0.25, 0.3) is 0 Å². The van der Waals surface area contributed by atoms with Gasteiger partial charge in [0.25, 0.3) is 0 Å². The first-order chi connectivity index (χ1) is 5.25. The molecule has 0 bridgehead atoms. The summed E-state index contributed by atoms with van der Waals surface area (Å²) >= 11 is 0. The summed E-state index contributed by atoms with van der Waals surface area (Å²) in [6.07, 6.45) is 1.30. The molecule has 0 saturated carbocycles. The van der Waals surface area contributed by atoms with Crippen molar-refractivity contribution in [1.29, 1.82) is 0 Å². The average Bonchev–Trinajstić information content (AvgIpc) is 2.27. The van der Waals surface area contributed by atoms with Crippen molar-refractivity contribution in [2.45, 2.75) is 19.4 Å². The molecule has 1 atom stereocenters. The monoisotopic (exact) mass is 149 g/mol. The van der Waals surface area contributed by atoms with Crippen LogP contribution in [0, 0.1) is 0 Å². The number of nitrogen functional groups attached to an aromatic ring is 1. The van der Waals surface area contributed by atoms with E-state index in [0.29, 0.717) is 6.10 Å². The van der Waals surface area contributed by atoms with Gasteiger partial charge in [-0.25, -0.2) is 0 Å². The van der Waals surface area contributed by atoms with E-state index >= 15 is 0 Å². The highest BCUT2D eigenvalue weighted by atomic mass is 16.5. The van der Waals surface area contributed by atoms with Crippen LogP contribution in [0.4, 0.5) is 5.69 Å². The van der Waals surface area contributed by atoms with E-state index in [9.17, 15) is 0 Å². The number of nitrogens with two attached hydrogens (primary N) is 1. The second-order valence-electron chi connectivity index (χ2n) is 3.00.